The average Bonchev–Trinajstić information content (AvgIpc) is 2.53. The Bertz CT molecular complexity index is 507. The highest BCUT2D eigenvalue weighted by Crippen LogP contribution is 2.13. The molecule has 0 fully saturated rings. The van der Waals surface area contributed by atoms with Crippen LogP contribution in [0.25, 0.3) is 0 Å². The lowest BCUT2D eigenvalue weighted by molar-refractivity contribution is 0.386. The van der Waals surface area contributed by atoms with Crippen molar-refractivity contribution in [1.29, 1.82) is 0 Å². The number of H-pyrrole nitrogens is 1. The van der Waals surface area contributed by atoms with Gasteiger partial charge in [0.25, 0.3) is 0 Å². The second kappa shape index (κ2) is 3.65. The number of aryl methyl sites for hydroxylation is 1. The van der Waals surface area contributed by atoms with E-state index < -0.39 is 0 Å². The zero-order valence-electron chi connectivity index (χ0n) is 8.28. The predicted molar refractivity (Wildman–Crippen MR) is 55.0 cm³/mol. The molecule has 15 heavy (non-hydrogen) atoms. The summed E-state index contributed by atoms with van der Waals surface area (Å²) in [7, 11) is 0. The van der Waals surface area contributed by atoms with Gasteiger partial charge in [0.15, 0.2) is 0 Å². The van der Waals surface area contributed by atoms with Crippen molar-refractivity contribution in [3.05, 3.63) is 51.5 Å². The topological polar surface area (TPSA) is 66.2 Å². The molecule has 0 unspecified atom stereocenters. The van der Waals surface area contributed by atoms with Crippen LogP contribution < -0.4 is 5.63 Å². The fourth-order valence-electron chi connectivity index (χ4n) is 1.42. The summed E-state index contributed by atoms with van der Waals surface area (Å²) in [5.41, 5.74) is 2.00. The molecule has 1 heterocycles. The second-order valence-electron chi connectivity index (χ2n) is 3.44. The monoisotopic (exact) mass is 205 g/mol. The predicted octanol–water partition coefficient (Wildman–Crippen LogP) is 1.57. The minimum Gasteiger partial charge on any atom is -0.508 e. The summed E-state index contributed by atoms with van der Waals surface area (Å²) >= 11 is 0. The van der Waals surface area contributed by atoms with E-state index in [1.54, 1.807) is 31.2 Å². The molecule has 0 aliphatic carbocycles. The third-order valence-electron chi connectivity index (χ3n) is 2.31. The molecule has 0 bridgehead atoms. The Labute approximate surface area is 86.1 Å². The van der Waals surface area contributed by atoms with Crippen molar-refractivity contribution in [1.82, 2.24) is 5.16 Å². The molecule has 78 valence electrons. The maximum atomic E-state index is 11.3. The van der Waals surface area contributed by atoms with E-state index in [1.165, 1.54) is 0 Å². The van der Waals surface area contributed by atoms with Crippen LogP contribution in [0, 0.1) is 6.92 Å². The second-order valence-corrected chi connectivity index (χ2v) is 3.44. The van der Waals surface area contributed by atoms with Gasteiger partial charge in [0, 0.05) is 6.42 Å². The van der Waals surface area contributed by atoms with Crippen LogP contribution in [0.5, 0.6) is 5.75 Å². The van der Waals surface area contributed by atoms with Crippen molar-refractivity contribution >= 4 is 0 Å². The molecule has 0 aliphatic rings. The van der Waals surface area contributed by atoms with Gasteiger partial charge < -0.3 is 9.63 Å². The number of hydrogen-bond donors (Lipinski definition) is 2. The fourth-order valence-corrected chi connectivity index (χ4v) is 1.42. The molecule has 0 amide bonds. The van der Waals surface area contributed by atoms with Crippen molar-refractivity contribution in [2.75, 3.05) is 0 Å². The molecule has 0 radical (unpaired) electrons. The van der Waals surface area contributed by atoms with Crippen LogP contribution in [0.4, 0.5) is 0 Å². The van der Waals surface area contributed by atoms with E-state index in [0.29, 0.717) is 12.0 Å². The third kappa shape index (κ3) is 1.93. The third-order valence-corrected chi connectivity index (χ3v) is 2.31. The number of benzene rings is 1. The van der Waals surface area contributed by atoms with E-state index in [-0.39, 0.29) is 11.4 Å². The molecule has 1 aromatic carbocycles. The number of aromatic hydroxyl groups is 1. The van der Waals surface area contributed by atoms with Gasteiger partial charge in [-0.1, -0.05) is 12.1 Å². The number of phenolic OH excluding ortho intramolecular Hbond substituents is 1. The molecule has 2 N–H and O–H groups in total. The quantitative estimate of drug-likeness (QED) is 0.782. The maximum Gasteiger partial charge on any atom is 0.360 e. The van der Waals surface area contributed by atoms with E-state index >= 15 is 0 Å². The molecule has 0 saturated heterocycles. The van der Waals surface area contributed by atoms with Crippen LogP contribution in [0.15, 0.2) is 33.6 Å². The van der Waals surface area contributed by atoms with Gasteiger partial charge in [0.05, 0.1) is 11.3 Å². The molecular weight excluding hydrogens is 194 g/mol. The minimum atomic E-state index is -0.333. The summed E-state index contributed by atoms with van der Waals surface area (Å²) in [5, 5.41) is 11.6. The Morgan fingerprint density at radius 2 is 2.00 bits per heavy atom. The number of aromatic nitrogens is 1. The smallest absolute Gasteiger partial charge is 0.360 e. The maximum absolute atomic E-state index is 11.3. The van der Waals surface area contributed by atoms with Crippen LogP contribution in [-0.4, -0.2) is 10.3 Å². The molecule has 2 rings (SSSR count). The lowest BCUT2D eigenvalue weighted by atomic mass is 10.1. The zero-order valence-corrected chi connectivity index (χ0v) is 8.28. The first-order valence-corrected chi connectivity index (χ1v) is 4.61. The SMILES string of the molecule is Cc1[nH]oc(=O)c1Cc1ccc(O)cc1. The number of hydrogen-bond acceptors (Lipinski definition) is 3. The van der Waals surface area contributed by atoms with Gasteiger partial charge in [0.1, 0.15) is 5.75 Å². The standard InChI is InChI=1S/C11H11NO3/c1-7-10(11(14)15-12-7)6-8-2-4-9(13)5-3-8/h2-5,12-13H,6H2,1H3. The van der Waals surface area contributed by atoms with Crippen LogP contribution in [-0.2, 0) is 6.42 Å². The van der Waals surface area contributed by atoms with E-state index in [2.05, 4.69) is 9.68 Å². The van der Waals surface area contributed by atoms with Gasteiger partial charge in [-0.15, -0.1) is 0 Å². The Kier molecular flexibility index (Phi) is 2.33. The summed E-state index contributed by atoms with van der Waals surface area (Å²) in [6, 6.07) is 6.75. The van der Waals surface area contributed by atoms with Crippen LogP contribution in [0.3, 0.4) is 0 Å². The molecule has 2 aromatic rings. The number of nitrogens with one attached hydrogen (secondary N) is 1. The summed E-state index contributed by atoms with van der Waals surface area (Å²) in [6.07, 6.45) is 0.512. The highest BCUT2D eigenvalue weighted by Gasteiger charge is 2.08. The van der Waals surface area contributed by atoms with Gasteiger partial charge in [0.2, 0.25) is 0 Å². The van der Waals surface area contributed by atoms with E-state index in [1.807, 2.05) is 0 Å². The Hall–Kier alpha value is -1.97. The minimum absolute atomic E-state index is 0.219. The molecule has 4 heteroatoms. The number of aromatic amines is 1. The summed E-state index contributed by atoms with van der Waals surface area (Å²) in [6.45, 7) is 1.79. The molecule has 0 aliphatic heterocycles. The lowest BCUT2D eigenvalue weighted by Crippen LogP contribution is -2.03. The van der Waals surface area contributed by atoms with Crippen molar-refractivity contribution in [2.24, 2.45) is 0 Å². The molecule has 0 saturated carbocycles. The first-order chi connectivity index (χ1) is 7.16. The summed E-state index contributed by atoms with van der Waals surface area (Å²) in [4.78, 5) is 11.3. The molecule has 0 spiro atoms. The first-order valence-electron chi connectivity index (χ1n) is 4.61. The Balaban J connectivity index is 2.29. The van der Waals surface area contributed by atoms with Crippen molar-refractivity contribution in [3.63, 3.8) is 0 Å². The van der Waals surface area contributed by atoms with Crippen molar-refractivity contribution in [3.8, 4) is 5.75 Å². The summed E-state index contributed by atoms with van der Waals surface area (Å²) < 4.78 is 4.66. The van der Waals surface area contributed by atoms with Crippen LogP contribution >= 0.6 is 0 Å². The van der Waals surface area contributed by atoms with Crippen molar-refractivity contribution in [2.45, 2.75) is 13.3 Å². The van der Waals surface area contributed by atoms with E-state index in [4.69, 9.17) is 5.11 Å². The highest BCUT2D eigenvalue weighted by atomic mass is 16.5. The lowest BCUT2D eigenvalue weighted by Gasteiger charge is -1.98. The van der Waals surface area contributed by atoms with E-state index in [0.717, 1.165) is 11.3 Å². The van der Waals surface area contributed by atoms with Crippen molar-refractivity contribution < 1.29 is 9.63 Å². The largest absolute Gasteiger partial charge is 0.508 e. The van der Waals surface area contributed by atoms with Gasteiger partial charge in [-0.05, 0) is 24.6 Å². The fraction of sp³-hybridized carbons (Fsp3) is 0.182. The molecular formula is C11H11NO3. The molecule has 4 nitrogen and oxygen atoms in total. The Morgan fingerprint density at radius 3 is 2.53 bits per heavy atom. The van der Waals surface area contributed by atoms with Crippen LogP contribution in [0.2, 0.25) is 0 Å². The Morgan fingerprint density at radius 1 is 1.33 bits per heavy atom. The van der Waals surface area contributed by atoms with Crippen LogP contribution in [0.1, 0.15) is 16.8 Å². The normalized spacial score (nSPS) is 10.5. The highest BCUT2D eigenvalue weighted by molar-refractivity contribution is 5.30. The number of rotatable bonds is 2. The first kappa shape index (κ1) is 9.58. The van der Waals surface area contributed by atoms with Gasteiger partial charge in [-0.2, -0.15) is 0 Å². The van der Waals surface area contributed by atoms with Gasteiger partial charge in [-0.25, -0.2) is 9.95 Å². The molecule has 0 atom stereocenters. The average molecular weight is 205 g/mol. The molecule has 1 aromatic heterocycles. The zero-order chi connectivity index (χ0) is 10.8. The number of phenols is 1. The van der Waals surface area contributed by atoms with Gasteiger partial charge in [-0.3, -0.25) is 0 Å². The van der Waals surface area contributed by atoms with Gasteiger partial charge >= 0.3 is 5.63 Å². The van der Waals surface area contributed by atoms with E-state index in [9.17, 15) is 4.79 Å². The summed E-state index contributed by atoms with van der Waals surface area (Å²) in [5.74, 6) is 0.219.